The van der Waals surface area contributed by atoms with E-state index >= 15 is 0 Å². The van der Waals surface area contributed by atoms with Crippen LogP contribution < -0.4 is 19.3 Å². The lowest BCUT2D eigenvalue weighted by molar-refractivity contribution is 0.355. The second kappa shape index (κ2) is 9.67. The Morgan fingerprint density at radius 1 is 1.00 bits per heavy atom. The highest BCUT2D eigenvalue weighted by Gasteiger charge is 2.24. The monoisotopic (exact) mass is 450 g/mol. The highest BCUT2D eigenvalue weighted by Crippen LogP contribution is 2.29. The van der Waals surface area contributed by atoms with Crippen LogP contribution in [0.2, 0.25) is 5.02 Å². The van der Waals surface area contributed by atoms with Crippen LogP contribution in [0.5, 0.6) is 11.5 Å². The first-order valence-corrected chi connectivity index (χ1v) is 10.6. The van der Waals surface area contributed by atoms with Gasteiger partial charge in [0.2, 0.25) is 17.5 Å². The summed E-state index contributed by atoms with van der Waals surface area (Å²) >= 11 is 6.12. The fraction of sp³-hybridized carbons (Fsp3) is 0.250. The molecule has 1 aliphatic rings. The summed E-state index contributed by atoms with van der Waals surface area (Å²) in [6, 6.07) is 15.6. The summed E-state index contributed by atoms with van der Waals surface area (Å²) in [6.07, 6.45) is 3.60. The van der Waals surface area contributed by atoms with Crippen molar-refractivity contribution in [3.8, 4) is 17.6 Å². The highest BCUT2D eigenvalue weighted by atomic mass is 35.5. The fourth-order valence-corrected chi connectivity index (χ4v) is 3.84. The molecule has 2 heterocycles. The molecule has 0 radical (unpaired) electrons. The van der Waals surface area contributed by atoms with E-state index in [1.807, 2.05) is 48.5 Å². The van der Waals surface area contributed by atoms with E-state index < -0.39 is 0 Å². The fourth-order valence-electron chi connectivity index (χ4n) is 3.65. The summed E-state index contributed by atoms with van der Waals surface area (Å²) in [6.45, 7) is 3.02. The standard InChI is InChI=1S/C24H23ClN4O3/c1-30-21-8-6-17(14-22(21)31-2)7-9-23-27-20(16-26)24(32-23)29-12-10-28(11-13-29)19-5-3-4-18(25)15-19/h3-9,14-15H,10-13H2,1-2H3/b9-7+. The number of oxazole rings is 1. The van der Waals surface area contributed by atoms with Crippen molar-refractivity contribution in [3.63, 3.8) is 0 Å². The molecule has 0 unspecified atom stereocenters. The van der Waals surface area contributed by atoms with Gasteiger partial charge in [-0.25, -0.2) is 0 Å². The molecule has 8 heteroatoms. The van der Waals surface area contributed by atoms with Gasteiger partial charge in [-0.05, 0) is 42.0 Å². The molecule has 0 bridgehead atoms. The summed E-state index contributed by atoms with van der Waals surface area (Å²) in [4.78, 5) is 8.66. The number of rotatable bonds is 6. The number of halogens is 1. The van der Waals surface area contributed by atoms with E-state index in [9.17, 15) is 5.26 Å². The minimum Gasteiger partial charge on any atom is -0.493 e. The molecule has 1 fully saturated rings. The Kier molecular flexibility index (Phi) is 6.52. The quantitative estimate of drug-likeness (QED) is 0.538. The minimum atomic E-state index is 0.285. The zero-order valence-corrected chi connectivity index (χ0v) is 18.7. The third-order valence-electron chi connectivity index (χ3n) is 5.30. The van der Waals surface area contributed by atoms with E-state index in [-0.39, 0.29) is 5.69 Å². The van der Waals surface area contributed by atoms with Crippen LogP contribution in [0.25, 0.3) is 12.2 Å². The van der Waals surface area contributed by atoms with Gasteiger partial charge in [0.25, 0.3) is 0 Å². The predicted octanol–water partition coefficient (Wildman–Crippen LogP) is 4.71. The molecular formula is C24H23ClN4O3. The lowest BCUT2D eigenvalue weighted by atomic mass is 10.2. The summed E-state index contributed by atoms with van der Waals surface area (Å²) in [5, 5.41) is 10.3. The van der Waals surface area contributed by atoms with Crippen molar-refractivity contribution in [1.82, 2.24) is 4.98 Å². The van der Waals surface area contributed by atoms with Crippen molar-refractivity contribution in [2.24, 2.45) is 0 Å². The van der Waals surface area contributed by atoms with Crippen LogP contribution >= 0.6 is 11.6 Å². The zero-order chi connectivity index (χ0) is 22.5. The summed E-state index contributed by atoms with van der Waals surface area (Å²) in [5.74, 6) is 2.18. The van der Waals surface area contributed by atoms with Crippen molar-refractivity contribution in [2.75, 3.05) is 50.2 Å². The molecule has 4 rings (SSSR count). The van der Waals surface area contributed by atoms with Crippen LogP contribution in [0.15, 0.2) is 46.9 Å². The number of ether oxygens (including phenoxy) is 2. The van der Waals surface area contributed by atoms with Gasteiger partial charge < -0.3 is 23.7 Å². The number of anilines is 2. The maximum absolute atomic E-state index is 9.56. The molecule has 0 aliphatic carbocycles. The van der Waals surface area contributed by atoms with Gasteiger partial charge in [-0.3, -0.25) is 0 Å². The van der Waals surface area contributed by atoms with Crippen molar-refractivity contribution < 1.29 is 13.9 Å². The molecule has 0 N–H and O–H groups in total. The van der Waals surface area contributed by atoms with Crippen LogP contribution in [-0.2, 0) is 0 Å². The number of hydrogen-bond acceptors (Lipinski definition) is 7. The van der Waals surface area contributed by atoms with Gasteiger partial charge in [-0.2, -0.15) is 10.2 Å². The Balaban J connectivity index is 1.47. The van der Waals surface area contributed by atoms with E-state index in [1.54, 1.807) is 20.3 Å². The normalized spacial score (nSPS) is 13.9. The molecular weight excluding hydrogens is 428 g/mol. The van der Waals surface area contributed by atoms with Crippen molar-refractivity contribution in [1.29, 1.82) is 5.26 Å². The van der Waals surface area contributed by atoms with Gasteiger partial charge in [0.1, 0.15) is 6.07 Å². The average Bonchev–Trinajstić information content (AvgIpc) is 3.26. The van der Waals surface area contributed by atoms with Crippen molar-refractivity contribution in [3.05, 3.63) is 64.6 Å². The van der Waals surface area contributed by atoms with Crippen LogP contribution in [-0.4, -0.2) is 45.4 Å². The van der Waals surface area contributed by atoms with Crippen molar-refractivity contribution in [2.45, 2.75) is 0 Å². The largest absolute Gasteiger partial charge is 0.493 e. The van der Waals surface area contributed by atoms with E-state index in [1.165, 1.54) is 0 Å². The van der Waals surface area contributed by atoms with Gasteiger partial charge in [0.15, 0.2) is 11.5 Å². The van der Waals surface area contributed by atoms with E-state index in [0.29, 0.717) is 23.3 Å². The molecule has 32 heavy (non-hydrogen) atoms. The first kappa shape index (κ1) is 21.6. The molecule has 164 valence electrons. The third-order valence-corrected chi connectivity index (χ3v) is 5.53. The summed E-state index contributed by atoms with van der Waals surface area (Å²) < 4.78 is 16.5. The molecule has 7 nitrogen and oxygen atoms in total. The van der Waals surface area contributed by atoms with Gasteiger partial charge in [-0.1, -0.05) is 23.7 Å². The molecule has 0 amide bonds. The van der Waals surface area contributed by atoms with Gasteiger partial charge in [0.05, 0.1) is 14.2 Å². The smallest absolute Gasteiger partial charge is 0.235 e. The third kappa shape index (κ3) is 4.66. The average molecular weight is 451 g/mol. The Bertz CT molecular complexity index is 1160. The Morgan fingerprint density at radius 2 is 1.75 bits per heavy atom. The number of nitriles is 1. The molecule has 0 saturated carbocycles. The lowest BCUT2D eigenvalue weighted by Gasteiger charge is -2.35. The predicted molar refractivity (Wildman–Crippen MR) is 126 cm³/mol. The number of aromatic nitrogens is 1. The molecule has 0 atom stereocenters. The van der Waals surface area contributed by atoms with Crippen LogP contribution in [0.3, 0.4) is 0 Å². The van der Waals surface area contributed by atoms with E-state index in [4.69, 9.17) is 25.5 Å². The Hall–Kier alpha value is -3.63. The molecule has 1 saturated heterocycles. The van der Waals surface area contributed by atoms with E-state index in [2.05, 4.69) is 20.9 Å². The van der Waals surface area contributed by atoms with Crippen LogP contribution in [0, 0.1) is 11.3 Å². The topological polar surface area (TPSA) is 74.8 Å². The van der Waals surface area contributed by atoms with Gasteiger partial charge >= 0.3 is 0 Å². The zero-order valence-electron chi connectivity index (χ0n) is 17.9. The van der Waals surface area contributed by atoms with Gasteiger partial charge in [0, 0.05) is 43.0 Å². The minimum absolute atomic E-state index is 0.285. The van der Waals surface area contributed by atoms with Crippen LogP contribution in [0.4, 0.5) is 11.6 Å². The number of piperazine rings is 1. The van der Waals surface area contributed by atoms with Crippen molar-refractivity contribution >= 4 is 35.3 Å². The second-order valence-corrected chi connectivity index (χ2v) is 7.66. The Labute approximate surface area is 192 Å². The number of methoxy groups -OCH3 is 2. The number of hydrogen-bond donors (Lipinski definition) is 0. The summed E-state index contributed by atoms with van der Waals surface area (Å²) in [5.41, 5.74) is 2.28. The number of benzene rings is 2. The maximum atomic E-state index is 9.56. The first-order chi connectivity index (χ1) is 15.6. The molecule has 2 aromatic carbocycles. The lowest BCUT2D eigenvalue weighted by Crippen LogP contribution is -2.46. The molecule has 0 spiro atoms. The highest BCUT2D eigenvalue weighted by molar-refractivity contribution is 6.30. The maximum Gasteiger partial charge on any atom is 0.235 e. The molecule has 1 aromatic heterocycles. The number of nitrogens with zero attached hydrogens (tertiary/aromatic N) is 4. The van der Waals surface area contributed by atoms with E-state index in [0.717, 1.165) is 42.5 Å². The second-order valence-electron chi connectivity index (χ2n) is 7.22. The van der Waals surface area contributed by atoms with Crippen LogP contribution in [0.1, 0.15) is 17.1 Å². The first-order valence-electron chi connectivity index (χ1n) is 10.2. The molecule has 1 aliphatic heterocycles. The SMILES string of the molecule is COc1ccc(/C=C/c2nc(C#N)c(N3CCN(c4cccc(Cl)c4)CC3)o2)cc1OC. The Morgan fingerprint density at radius 3 is 2.44 bits per heavy atom. The van der Waals surface area contributed by atoms with Gasteiger partial charge in [-0.15, -0.1) is 0 Å². The molecule has 3 aromatic rings. The summed E-state index contributed by atoms with van der Waals surface area (Å²) in [7, 11) is 3.19.